The lowest BCUT2D eigenvalue weighted by molar-refractivity contribution is -0.159. The van der Waals surface area contributed by atoms with Crippen molar-refractivity contribution in [3.8, 4) is 11.5 Å². The molecule has 13 heteroatoms. The van der Waals surface area contributed by atoms with Gasteiger partial charge in [0.05, 0.1) is 24.6 Å². The molecular weight excluding hydrogens is 445 g/mol. The lowest BCUT2D eigenvalue weighted by Crippen LogP contribution is -2.36. The Hall–Kier alpha value is -3.74. The molecule has 0 aromatic carbocycles. The number of aromatic nitrogens is 4. The molecular formula is C20H19F3N6O4. The Morgan fingerprint density at radius 1 is 1.18 bits per heavy atom. The third-order valence-corrected chi connectivity index (χ3v) is 4.73. The summed E-state index contributed by atoms with van der Waals surface area (Å²) in [5.41, 5.74) is 1.44. The normalized spacial score (nSPS) is 14.2. The molecule has 1 amide bonds. The van der Waals surface area contributed by atoms with Crippen LogP contribution in [0.2, 0.25) is 0 Å². The molecule has 0 bridgehead atoms. The van der Waals surface area contributed by atoms with Crippen molar-refractivity contribution in [3.63, 3.8) is 0 Å². The Bertz CT molecular complexity index is 1110. The van der Waals surface area contributed by atoms with Gasteiger partial charge in [-0.1, -0.05) is 11.2 Å². The third-order valence-electron chi connectivity index (χ3n) is 4.73. The summed E-state index contributed by atoms with van der Waals surface area (Å²) in [7, 11) is 0. The van der Waals surface area contributed by atoms with Gasteiger partial charge in [0.2, 0.25) is 5.82 Å². The highest BCUT2D eigenvalue weighted by molar-refractivity contribution is 5.85. The van der Waals surface area contributed by atoms with Crippen LogP contribution in [-0.2, 0) is 22.3 Å². The zero-order chi connectivity index (χ0) is 23.4. The standard InChI is InChI=1S/C20H19F3N6O4/c1-12-14(3-4-15(25-12)17-27-18(33-28-17)20(21,22)23)26-19(30)32-11-13-2-5-16(24-10-13)29-6-8-31-9-7-29/h2-5,10H,6-9,11H2,1H3,(H,26,30). The largest absolute Gasteiger partial charge is 0.471 e. The number of hydrogen-bond donors (Lipinski definition) is 1. The minimum Gasteiger partial charge on any atom is -0.444 e. The van der Waals surface area contributed by atoms with Gasteiger partial charge in [0.15, 0.2) is 0 Å². The van der Waals surface area contributed by atoms with E-state index in [2.05, 4.69) is 34.8 Å². The van der Waals surface area contributed by atoms with Crippen molar-refractivity contribution in [1.82, 2.24) is 20.1 Å². The number of rotatable bonds is 5. The van der Waals surface area contributed by atoms with E-state index < -0.39 is 18.2 Å². The first-order chi connectivity index (χ1) is 15.8. The molecule has 1 saturated heterocycles. The lowest BCUT2D eigenvalue weighted by atomic mass is 10.2. The molecule has 3 aromatic heterocycles. The number of carbonyl (C=O) groups excluding carboxylic acids is 1. The summed E-state index contributed by atoms with van der Waals surface area (Å²) in [4.78, 5) is 26.1. The van der Waals surface area contributed by atoms with Crippen LogP contribution < -0.4 is 10.2 Å². The fourth-order valence-electron chi connectivity index (χ4n) is 3.04. The van der Waals surface area contributed by atoms with Crippen molar-refractivity contribution in [2.24, 2.45) is 0 Å². The zero-order valence-corrected chi connectivity index (χ0v) is 17.4. The SMILES string of the molecule is Cc1nc(-c2noc(C(F)(F)F)n2)ccc1NC(=O)OCc1ccc(N2CCOCC2)nc1. The van der Waals surface area contributed by atoms with Crippen molar-refractivity contribution >= 4 is 17.6 Å². The van der Waals surface area contributed by atoms with Crippen LogP contribution in [0.1, 0.15) is 17.1 Å². The van der Waals surface area contributed by atoms with Gasteiger partial charge in [-0.05, 0) is 25.1 Å². The van der Waals surface area contributed by atoms with Gasteiger partial charge in [-0.2, -0.15) is 18.2 Å². The second-order valence-electron chi connectivity index (χ2n) is 7.08. The van der Waals surface area contributed by atoms with Gasteiger partial charge >= 0.3 is 18.2 Å². The molecule has 0 atom stereocenters. The third kappa shape index (κ3) is 5.55. The Balaban J connectivity index is 1.32. The van der Waals surface area contributed by atoms with Crippen molar-refractivity contribution in [2.45, 2.75) is 19.7 Å². The molecule has 1 fully saturated rings. The number of nitrogens with one attached hydrogen (secondary N) is 1. The molecule has 10 nitrogen and oxygen atoms in total. The molecule has 0 radical (unpaired) electrons. The van der Waals surface area contributed by atoms with Crippen LogP contribution >= 0.6 is 0 Å². The Morgan fingerprint density at radius 2 is 1.97 bits per heavy atom. The number of pyridine rings is 2. The van der Waals surface area contributed by atoms with Crippen LogP contribution in [-0.4, -0.2) is 52.5 Å². The van der Waals surface area contributed by atoms with Gasteiger partial charge in [0, 0.05) is 24.8 Å². The quantitative estimate of drug-likeness (QED) is 0.606. The van der Waals surface area contributed by atoms with Crippen molar-refractivity contribution in [3.05, 3.63) is 47.6 Å². The van der Waals surface area contributed by atoms with E-state index in [9.17, 15) is 18.0 Å². The van der Waals surface area contributed by atoms with Gasteiger partial charge in [0.25, 0.3) is 0 Å². The summed E-state index contributed by atoms with van der Waals surface area (Å²) in [6, 6.07) is 6.51. The Labute approximate surface area is 185 Å². The van der Waals surface area contributed by atoms with E-state index in [0.717, 1.165) is 18.9 Å². The lowest BCUT2D eigenvalue weighted by Gasteiger charge is -2.27. The summed E-state index contributed by atoms with van der Waals surface area (Å²) in [5, 5.41) is 5.83. The number of ether oxygens (including phenoxy) is 2. The van der Waals surface area contributed by atoms with Crippen LogP contribution in [0, 0.1) is 6.92 Å². The smallest absolute Gasteiger partial charge is 0.444 e. The highest BCUT2D eigenvalue weighted by atomic mass is 19.4. The molecule has 4 rings (SSSR count). The molecule has 4 heterocycles. The van der Waals surface area contributed by atoms with Gasteiger partial charge in [-0.25, -0.2) is 14.8 Å². The topological polar surface area (TPSA) is 116 Å². The van der Waals surface area contributed by atoms with E-state index in [4.69, 9.17) is 9.47 Å². The van der Waals surface area contributed by atoms with E-state index >= 15 is 0 Å². The maximum atomic E-state index is 12.6. The summed E-state index contributed by atoms with van der Waals surface area (Å²) < 4.78 is 52.6. The number of nitrogens with zero attached hydrogens (tertiary/aromatic N) is 5. The molecule has 0 spiro atoms. The highest BCUT2D eigenvalue weighted by Gasteiger charge is 2.38. The molecule has 1 N–H and O–H groups in total. The first-order valence-electron chi connectivity index (χ1n) is 9.90. The van der Waals surface area contributed by atoms with Gasteiger partial charge in [-0.3, -0.25) is 5.32 Å². The summed E-state index contributed by atoms with van der Waals surface area (Å²) in [6.45, 7) is 4.44. The first-order valence-corrected chi connectivity index (χ1v) is 9.90. The van der Waals surface area contributed by atoms with Gasteiger partial charge in [-0.15, -0.1) is 0 Å². The summed E-state index contributed by atoms with van der Waals surface area (Å²) in [6.07, 6.45) is -3.83. The molecule has 1 aliphatic heterocycles. The Morgan fingerprint density at radius 3 is 2.61 bits per heavy atom. The van der Waals surface area contributed by atoms with Crippen LogP contribution in [0.25, 0.3) is 11.5 Å². The van der Waals surface area contributed by atoms with E-state index in [0.29, 0.717) is 30.2 Å². The molecule has 174 valence electrons. The monoisotopic (exact) mass is 464 g/mol. The van der Waals surface area contributed by atoms with Crippen LogP contribution in [0.15, 0.2) is 35.0 Å². The van der Waals surface area contributed by atoms with Crippen LogP contribution in [0.4, 0.5) is 29.5 Å². The zero-order valence-electron chi connectivity index (χ0n) is 17.4. The molecule has 0 saturated carbocycles. The fraction of sp³-hybridized carbons (Fsp3) is 0.350. The summed E-state index contributed by atoms with van der Waals surface area (Å²) >= 11 is 0. The fourth-order valence-corrected chi connectivity index (χ4v) is 3.04. The number of anilines is 2. The number of halogens is 3. The predicted octanol–water partition coefficient (Wildman–Crippen LogP) is 3.44. The average molecular weight is 464 g/mol. The minimum atomic E-state index is -4.75. The second kappa shape index (κ2) is 9.40. The summed E-state index contributed by atoms with van der Waals surface area (Å²) in [5.74, 6) is -0.944. The highest BCUT2D eigenvalue weighted by Crippen LogP contribution is 2.29. The molecule has 0 aliphatic carbocycles. The van der Waals surface area contributed by atoms with E-state index in [1.165, 1.54) is 12.1 Å². The average Bonchev–Trinajstić information content (AvgIpc) is 3.31. The number of morpholine rings is 1. The van der Waals surface area contributed by atoms with E-state index in [1.54, 1.807) is 13.1 Å². The number of alkyl halides is 3. The van der Waals surface area contributed by atoms with Gasteiger partial charge < -0.3 is 18.9 Å². The Kier molecular flexibility index (Phi) is 6.40. The number of carbonyl (C=O) groups is 1. The molecule has 33 heavy (non-hydrogen) atoms. The van der Waals surface area contributed by atoms with Crippen molar-refractivity contribution in [2.75, 3.05) is 36.5 Å². The van der Waals surface area contributed by atoms with Crippen molar-refractivity contribution < 1.29 is 32.0 Å². The van der Waals surface area contributed by atoms with Gasteiger partial charge in [0.1, 0.15) is 18.1 Å². The number of hydrogen-bond acceptors (Lipinski definition) is 9. The predicted molar refractivity (Wildman–Crippen MR) is 108 cm³/mol. The maximum Gasteiger partial charge on any atom is 0.471 e. The number of amides is 1. The minimum absolute atomic E-state index is 0.00978. The van der Waals surface area contributed by atoms with E-state index in [1.807, 2.05) is 12.1 Å². The second-order valence-corrected chi connectivity index (χ2v) is 7.08. The molecule has 0 unspecified atom stereocenters. The van der Waals surface area contributed by atoms with E-state index in [-0.39, 0.29) is 18.1 Å². The van der Waals surface area contributed by atoms with Crippen LogP contribution in [0.5, 0.6) is 0 Å². The van der Waals surface area contributed by atoms with Crippen molar-refractivity contribution in [1.29, 1.82) is 0 Å². The molecule has 3 aromatic rings. The number of aryl methyl sites for hydroxylation is 1. The first kappa shape index (κ1) is 22.5. The van der Waals surface area contributed by atoms with Crippen LogP contribution in [0.3, 0.4) is 0 Å². The maximum absolute atomic E-state index is 12.6. The molecule has 1 aliphatic rings.